The Hall–Kier alpha value is -1.83. The molecule has 2 heteroatoms. The second-order valence-electron chi connectivity index (χ2n) is 6.83. The summed E-state index contributed by atoms with van der Waals surface area (Å²) in [5.74, 6) is 1.56. The van der Waals surface area contributed by atoms with Gasteiger partial charge in [0.25, 0.3) is 0 Å². The Morgan fingerprint density at radius 3 is 2.09 bits per heavy atom. The minimum Gasteiger partial charge on any atom is -0.326 e. The topological polar surface area (TPSA) is 29.1 Å². The predicted molar refractivity (Wildman–Crippen MR) is 96.3 cm³/mol. The van der Waals surface area contributed by atoms with E-state index in [9.17, 15) is 4.79 Å². The van der Waals surface area contributed by atoms with Crippen LogP contribution in [-0.2, 0) is 4.79 Å². The Bertz CT molecular complexity index is 578. The summed E-state index contributed by atoms with van der Waals surface area (Å²) in [4.78, 5) is 12.7. The summed E-state index contributed by atoms with van der Waals surface area (Å²) in [6, 6.07) is 8.03. The fourth-order valence-electron chi connectivity index (χ4n) is 3.79. The molecule has 0 aromatic heterocycles. The molecule has 0 aliphatic heterocycles. The molecule has 0 unspecified atom stereocenters. The van der Waals surface area contributed by atoms with Crippen LogP contribution in [0.2, 0.25) is 0 Å². The average molecular weight is 309 g/mol. The lowest BCUT2D eigenvalue weighted by Crippen LogP contribution is -2.16. The highest BCUT2D eigenvalue weighted by Crippen LogP contribution is 2.52. The van der Waals surface area contributed by atoms with E-state index >= 15 is 0 Å². The van der Waals surface area contributed by atoms with E-state index in [1.54, 1.807) is 0 Å². The molecule has 1 aromatic rings. The molecule has 2 aliphatic rings. The van der Waals surface area contributed by atoms with E-state index < -0.39 is 0 Å². The van der Waals surface area contributed by atoms with Gasteiger partial charge in [-0.2, -0.15) is 0 Å². The van der Waals surface area contributed by atoms with Crippen LogP contribution in [-0.4, -0.2) is 5.91 Å². The van der Waals surface area contributed by atoms with Gasteiger partial charge in [0.05, 0.1) is 0 Å². The molecule has 1 aromatic carbocycles. The van der Waals surface area contributed by atoms with Crippen molar-refractivity contribution in [1.82, 2.24) is 0 Å². The fraction of sp³-hybridized carbons (Fsp3) is 0.476. The maximum atomic E-state index is 12.7. The second kappa shape index (κ2) is 7.63. The third-order valence-corrected chi connectivity index (χ3v) is 5.20. The van der Waals surface area contributed by atoms with Gasteiger partial charge in [0.2, 0.25) is 5.91 Å². The van der Waals surface area contributed by atoms with Gasteiger partial charge in [0.15, 0.2) is 0 Å². The van der Waals surface area contributed by atoms with Gasteiger partial charge in [0.1, 0.15) is 0 Å². The number of allylic oxidation sites excluding steroid dienone is 4. The number of benzene rings is 1. The summed E-state index contributed by atoms with van der Waals surface area (Å²) in [5.41, 5.74) is 2.09. The highest BCUT2D eigenvalue weighted by molar-refractivity contribution is 5.95. The van der Waals surface area contributed by atoms with E-state index in [4.69, 9.17) is 0 Å². The molecule has 1 amide bonds. The van der Waals surface area contributed by atoms with Gasteiger partial charge in [-0.25, -0.2) is 0 Å². The Morgan fingerprint density at radius 1 is 0.913 bits per heavy atom. The number of hydrogen-bond acceptors (Lipinski definition) is 1. The lowest BCUT2D eigenvalue weighted by molar-refractivity contribution is -0.117. The Labute approximate surface area is 139 Å². The van der Waals surface area contributed by atoms with Crippen LogP contribution in [0.25, 0.3) is 0 Å². The molecular formula is C21H27NO. The van der Waals surface area contributed by atoms with Gasteiger partial charge in [-0.3, -0.25) is 4.79 Å². The first-order valence-corrected chi connectivity index (χ1v) is 8.94. The van der Waals surface area contributed by atoms with Crippen molar-refractivity contribution in [3.63, 3.8) is 0 Å². The fourth-order valence-corrected chi connectivity index (χ4v) is 3.79. The number of para-hydroxylation sites is 1. The number of rotatable bonds is 2. The molecule has 0 saturated heterocycles. The molecule has 0 radical (unpaired) electrons. The zero-order valence-corrected chi connectivity index (χ0v) is 14.0. The molecule has 1 saturated carbocycles. The molecule has 2 aliphatic carbocycles. The number of amides is 1. The molecule has 1 N–H and O–H groups in total. The SMILES string of the molecule is Cc1ccccc1NC(=O)C1[C@@H]2CC/C=C\CC/C=C\CC[C@@H]12. The molecule has 0 bridgehead atoms. The van der Waals surface area contributed by atoms with Crippen molar-refractivity contribution >= 4 is 11.6 Å². The Balaban J connectivity index is 1.63. The molecule has 0 heterocycles. The lowest BCUT2D eigenvalue weighted by Gasteiger charge is -2.08. The van der Waals surface area contributed by atoms with E-state index in [1.165, 1.54) is 0 Å². The number of nitrogens with one attached hydrogen (secondary N) is 1. The van der Waals surface area contributed by atoms with Gasteiger partial charge in [-0.15, -0.1) is 0 Å². The quantitative estimate of drug-likeness (QED) is 0.742. The normalized spacial score (nSPS) is 30.2. The maximum absolute atomic E-state index is 12.7. The highest BCUT2D eigenvalue weighted by Gasteiger charge is 2.52. The predicted octanol–water partition coefficient (Wildman–Crippen LogP) is 5.26. The van der Waals surface area contributed by atoms with Crippen LogP contribution in [0.3, 0.4) is 0 Å². The molecule has 122 valence electrons. The van der Waals surface area contributed by atoms with Crippen LogP contribution in [0.1, 0.15) is 44.1 Å². The molecule has 1 fully saturated rings. The van der Waals surface area contributed by atoms with Crippen molar-refractivity contribution in [3.05, 3.63) is 54.1 Å². The second-order valence-corrected chi connectivity index (χ2v) is 6.83. The van der Waals surface area contributed by atoms with Crippen LogP contribution in [0, 0.1) is 24.7 Å². The van der Waals surface area contributed by atoms with Crippen LogP contribution in [0.5, 0.6) is 0 Å². The van der Waals surface area contributed by atoms with E-state index in [2.05, 4.69) is 29.6 Å². The number of anilines is 1. The van der Waals surface area contributed by atoms with Gasteiger partial charge < -0.3 is 5.32 Å². The first kappa shape index (κ1) is 16.0. The van der Waals surface area contributed by atoms with E-state index in [-0.39, 0.29) is 11.8 Å². The first-order valence-electron chi connectivity index (χ1n) is 8.94. The number of fused-ring (bicyclic) bond motifs is 1. The maximum Gasteiger partial charge on any atom is 0.228 e. The number of hydrogen-bond donors (Lipinski definition) is 1. The minimum atomic E-state index is 0.206. The van der Waals surface area contributed by atoms with Crippen molar-refractivity contribution in [2.75, 3.05) is 5.32 Å². The smallest absolute Gasteiger partial charge is 0.228 e. The van der Waals surface area contributed by atoms with Crippen molar-refractivity contribution in [3.8, 4) is 0 Å². The monoisotopic (exact) mass is 309 g/mol. The average Bonchev–Trinajstić information content (AvgIpc) is 3.22. The summed E-state index contributed by atoms with van der Waals surface area (Å²) < 4.78 is 0. The lowest BCUT2D eigenvalue weighted by atomic mass is 10.1. The largest absolute Gasteiger partial charge is 0.326 e. The zero-order chi connectivity index (χ0) is 16.1. The molecule has 23 heavy (non-hydrogen) atoms. The van der Waals surface area contributed by atoms with E-state index in [1.807, 2.05) is 31.2 Å². The summed E-state index contributed by atoms with van der Waals surface area (Å²) in [7, 11) is 0. The Morgan fingerprint density at radius 2 is 1.48 bits per heavy atom. The third kappa shape index (κ3) is 4.13. The van der Waals surface area contributed by atoms with E-state index in [0.29, 0.717) is 11.8 Å². The van der Waals surface area contributed by atoms with Crippen molar-refractivity contribution in [2.24, 2.45) is 17.8 Å². The van der Waals surface area contributed by atoms with E-state index in [0.717, 1.165) is 49.8 Å². The molecular weight excluding hydrogens is 282 g/mol. The first-order chi connectivity index (χ1) is 11.3. The van der Waals surface area contributed by atoms with Crippen molar-refractivity contribution in [2.45, 2.75) is 45.4 Å². The molecule has 2 atom stereocenters. The summed E-state index contributed by atoms with van der Waals surface area (Å²) in [6.45, 7) is 2.04. The third-order valence-electron chi connectivity index (χ3n) is 5.20. The summed E-state index contributed by atoms with van der Waals surface area (Å²) in [6.07, 6.45) is 16.0. The van der Waals surface area contributed by atoms with Gasteiger partial charge >= 0.3 is 0 Å². The number of aryl methyl sites for hydroxylation is 1. The van der Waals surface area contributed by atoms with Crippen LogP contribution >= 0.6 is 0 Å². The molecule has 0 spiro atoms. The highest BCUT2D eigenvalue weighted by atomic mass is 16.2. The van der Waals surface area contributed by atoms with Gasteiger partial charge in [0, 0.05) is 11.6 Å². The van der Waals surface area contributed by atoms with Gasteiger partial charge in [-0.05, 0) is 68.9 Å². The van der Waals surface area contributed by atoms with Crippen molar-refractivity contribution in [1.29, 1.82) is 0 Å². The van der Waals surface area contributed by atoms with Crippen molar-refractivity contribution < 1.29 is 4.79 Å². The van der Waals surface area contributed by atoms with Crippen LogP contribution in [0.15, 0.2) is 48.6 Å². The summed E-state index contributed by atoms with van der Waals surface area (Å²) >= 11 is 0. The standard InChI is InChI=1S/C21H27NO/c1-16-12-10-11-15-19(16)22-21(23)20-17-13-8-6-4-2-3-5-7-9-14-18(17)20/h4-7,10-12,15,17-18,20H,2-3,8-9,13-14H2,1H3,(H,22,23)/b6-4-,7-5-/t17-,18-/m1/s1. The Kier molecular flexibility index (Phi) is 5.32. The van der Waals surface area contributed by atoms with Crippen LogP contribution < -0.4 is 5.32 Å². The van der Waals surface area contributed by atoms with Gasteiger partial charge in [-0.1, -0.05) is 42.5 Å². The number of carbonyl (C=O) groups excluding carboxylic acids is 1. The molecule has 2 nitrogen and oxygen atoms in total. The summed E-state index contributed by atoms with van der Waals surface area (Å²) in [5, 5.41) is 3.15. The zero-order valence-electron chi connectivity index (χ0n) is 14.0. The van der Waals surface area contributed by atoms with Crippen LogP contribution in [0.4, 0.5) is 5.69 Å². The number of carbonyl (C=O) groups is 1. The minimum absolute atomic E-state index is 0.206. The molecule has 3 rings (SSSR count).